The molecule has 2 heteroatoms. The Morgan fingerprint density at radius 3 is 2.43 bits per heavy atom. The Hall–Kier alpha value is -1.96. The molecule has 0 spiro atoms. The van der Waals surface area contributed by atoms with Gasteiger partial charge in [0.25, 0.3) is 0 Å². The highest BCUT2D eigenvalue weighted by molar-refractivity contribution is 5.72. The molecule has 0 saturated carbocycles. The first-order chi connectivity index (χ1) is 9.88. The molecule has 0 amide bonds. The van der Waals surface area contributed by atoms with Crippen molar-refractivity contribution in [3.8, 4) is 5.75 Å². The molecule has 1 N–H and O–H groups in total. The van der Waals surface area contributed by atoms with Gasteiger partial charge in [-0.2, -0.15) is 0 Å². The summed E-state index contributed by atoms with van der Waals surface area (Å²) in [5.41, 5.74) is 5.17. The van der Waals surface area contributed by atoms with Crippen LogP contribution in [0, 0.1) is 6.92 Å². The normalized spacial score (nSPS) is 20.2. The van der Waals surface area contributed by atoms with Crippen LogP contribution in [0.1, 0.15) is 44.2 Å². The van der Waals surface area contributed by atoms with Crippen LogP contribution in [0.3, 0.4) is 0 Å². The van der Waals surface area contributed by atoms with Gasteiger partial charge in [0.1, 0.15) is 5.75 Å². The van der Waals surface area contributed by atoms with Gasteiger partial charge in [0, 0.05) is 16.9 Å². The maximum absolute atomic E-state index is 9.55. The van der Waals surface area contributed by atoms with E-state index in [2.05, 4.69) is 50.8 Å². The molecule has 2 aromatic carbocycles. The van der Waals surface area contributed by atoms with Crippen LogP contribution in [-0.4, -0.2) is 10.6 Å². The predicted molar refractivity (Wildman–Crippen MR) is 88.5 cm³/mol. The summed E-state index contributed by atoms with van der Waals surface area (Å²) in [5, 5.41) is 9.55. The smallest absolute Gasteiger partial charge is 0.115 e. The number of nitrogens with zero attached hydrogens (tertiary/aromatic N) is 1. The maximum Gasteiger partial charge on any atom is 0.115 e. The molecule has 110 valence electrons. The van der Waals surface area contributed by atoms with Crippen LogP contribution in [0.15, 0.2) is 42.5 Å². The van der Waals surface area contributed by atoms with Gasteiger partial charge >= 0.3 is 0 Å². The Morgan fingerprint density at radius 1 is 1.10 bits per heavy atom. The molecule has 0 bridgehead atoms. The molecule has 0 saturated heterocycles. The lowest BCUT2D eigenvalue weighted by atomic mass is 9.79. The van der Waals surface area contributed by atoms with E-state index < -0.39 is 0 Å². The first-order valence-electron chi connectivity index (χ1n) is 7.58. The van der Waals surface area contributed by atoms with E-state index in [0.717, 1.165) is 12.1 Å². The average Bonchev–Trinajstić information content (AvgIpc) is 2.39. The SMILES string of the molecule is Cc1ccc2c(c1)N(c1ccc(O)cc1)C(C)(C)CC2C. The molecule has 1 aliphatic rings. The highest BCUT2D eigenvalue weighted by atomic mass is 16.3. The Kier molecular flexibility index (Phi) is 3.20. The molecule has 0 radical (unpaired) electrons. The van der Waals surface area contributed by atoms with Gasteiger partial charge in [-0.1, -0.05) is 19.1 Å². The molecule has 2 nitrogen and oxygen atoms in total. The quantitative estimate of drug-likeness (QED) is 0.783. The summed E-state index contributed by atoms with van der Waals surface area (Å²) in [5.74, 6) is 0.871. The first kappa shape index (κ1) is 14.0. The monoisotopic (exact) mass is 281 g/mol. The Morgan fingerprint density at radius 2 is 1.76 bits per heavy atom. The molecule has 0 aromatic heterocycles. The minimum atomic E-state index is 0.0528. The highest BCUT2D eigenvalue weighted by Gasteiger charge is 2.37. The molecular formula is C19H23NO. The van der Waals surface area contributed by atoms with Crippen LogP contribution in [0.25, 0.3) is 0 Å². The molecule has 1 heterocycles. The van der Waals surface area contributed by atoms with Gasteiger partial charge in [-0.3, -0.25) is 0 Å². The topological polar surface area (TPSA) is 23.5 Å². The number of aryl methyl sites for hydroxylation is 1. The summed E-state index contributed by atoms with van der Waals surface area (Å²) in [7, 11) is 0. The van der Waals surface area contributed by atoms with Crippen molar-refractivity contribution in [2.24, 2.45) is 0 Å². The number of rotatable bonds is 1. The Balaban J connectivity index is 2.19. The fourth-order valence-electron chi connectivity index (χ4n) is 3.63. The molecule has 0 fully saturated rings. The number of fused-ring (bicyclic) bond motifs is 1. The molecule has 1 aliphatic heterocycles. The van der Waals surface area contributed by atoms with Crippen LogP contribution in [0.4, 0.5) is 11.4 Å². The van der Waals surface area contributed by atoms with Crippen LogP contribution in [-0.2, 0) is 0 Å². The summed E-state index contributed by atoms with van der Waals surface area (Å²) in [6.07, 6.45) is 1.12. The zero-order valence-electron chi connectivity index (χ0n) is 13.2. The van der Waals surface area contributed by atoms with Crippen molar-refractivity contribution in [3.63, 3.8) is 0 Å². The lowest BCUT2D eigenvalue weighted by Gasteiger charge is -2.47. The fraction of sp³-hybridized carbons (Fsp3) is 0.368. The number of hydrogen-bond acceptors (Lipinski definition) is 2. The zero-order valence-corrected chi connectivity index (χ0v) is 13.2. The highest BCUT2D eigenvalue weighted by Crippen LogP contribution is 2.47. The van der Waals surface area contributed by atoms with Gasteiger partial charge in [0.15, 0.2) is 0 Å². The second-order valence-corrected chi connectivity index (χ2v) is 6.83. The van der Waals surface area contributed by atoms with Gasteiger partial charge in [0.05, 0.1) is 0 Å². The van der Waals surface area contributed by atoms with Gasteiger partial charge in [-0.05, 0) is 74.6 Å². The molecule has 3 rings (SSSR count). The average molecular weight is 281 g/mol. The predicted octanol–water partition coefficient (Wildman–Crippen LogP) is 5.12. The van der Waals surface area contributed by atoms with E-state index in [1.807, 2.05) is 12.1 Å². The van der Waals surface area contributed by atoms with Crippen molar-refractivity contribution in [2.75, 3.05) is 4.90 Å². The maximum atomic E-state index is 9.55. The van der Waals surface area contributed by atoms with E-state index >= 15 is 0 Å². The number of aromatic hydroxyl groups is 1. The number of hydrogen-bond donors (Lipinski definition) is 1. The Labute approximate surface area is 127 Å². The van der Waals surface area contributed by atoms with Crippen molar-refractivity contribution in [3.05, 3.63) is 53.6 Å². The second kappa shape index (κ2) is 4.80. The molecular weight excluding hydrogens is 258 g/mol. The summed E-state index contributed by atoms with van der Waals surface area (Å²) in [6.45, 7) is 9.04. The summed E-state index contributed by atoms with van der Waals surface area (Å²) in [6, 6.07) is 14.3. The Bertz CT molecular complexity index is 658. The molecule has 1 atom stereocenters. The first-order valence-corrected chi connectivity index (χ1v) is 7.58. The third-order valence-corrected chi connectivity index (χ3v) is 4.48. The van der Waals surface area contributed by atoms with Gasteiger partial charge in [-0.25, -0.2) is 0 Å². The van der Waals surface area contributed by atoms with Gasteiger partial charge in [0.2, 0.25) is 0 Å². The molecule has 2 aromatic rings. The number of phenolic OH excluding ortho intramolecular Hbond substituents is 1. The van der Waals surface area contributed by atoms with E-state index in [1.165, 1.54) is 16.8 Å². The number of phenols is 1. The molecule has 0 aliphatic carbocycles. The standard InChI is InChI=1S/C19H23NO/c1-13-5-10-17-14(2)12-19(3,4)20(18(17)11-13)15-6-8-16(21)9-7-15/h5-11,14,21H,12H2,1-4H3. The van der Waals surface area contributed by atoms with E-state index in [0.29, 0.717) is 11.7 Å². The van der Waals surface area contributed by atoms with Gasteiger partial charge in [-0.15, -0.1) is 0 Å². The summed E-state index contributed by atoms with van der Waals surface area (Å²) < 4.78 is 0. The van der Waals surface area contributed by atoms with E-state index in [-0.39, 0.29) is 5.54 Å². The largest absolute Gasteiger partial charge is 0.508 e. The van der Waals surface area contributed by atoms with E-state index in [9.17, 15) is 5.11 Å². The van der Waals surface area contributed by atoms with Crippen molar-refractivity contribution in [1.29, 1.82) is 0 Å². The zero-order chi connectivity index (χ0) is 15.2. The molecule has 1 unspecified atom stereocenters. The van der Waals surface area contributed by atoms with Crippen LogP contribution >= 0.6 is 0 Å². The van der Waals surface area contributed by atoms with Crippen molar-refractivity contribution >= 4 is 11.4 Å². The minimum absolute atomic E-state index is 0.0528. The second-order valence-electron chi connectivity index (χ2n) is 6.83. The summed E-state index contributed by atoms with van der Waals surface area (Å²) >= 11 is 0. The van der Waals surface area contributed by atoms with Crippen molar-refractivity contribution in [1.82, 2.24) is 0 Å². The number of anilines is 2. The van der Waals surface area contributed by atoms with E-state index in [4.69, 9.17) is 0 Å². The lowest BCUT2D eigenvalue weighted by molar-refractivity contribution is 0.408. The minimum Gasteiger partial charge on any atom is -0.508 e. The van der Waals surface area contributed by atoms with Gasteiger partial charge < -0.3 is 10.0 Å². The van der Waals surface area contributed by atoms with Crippen LogP contribution in [0.5, 0.6) is 5.75 Å². The molecule has 21 heavy (non-hydrogen) atoms. The van der Waals surface area contributed by atoms with Crippen LogP contribution in [0.2, 0.25) is 0 Å². The third kappa shape index (κ3) is 2.39. The third-order valence-electron chi connectivity index (χ3n) is 4.48. The van der Waals surface area contributed by atoms with Crippen LogP contribution < -0.4 is 4.90 Å². The fourth-order valence-corrected chi connectivity index (χ4v) is 3.63. The van der Waals surface area contributed by atoms with Crippen molar-refractivity contribution in [2.45, 2.75) is 45.6 Å². The van der Waals surface area contributed by atoms with Crippen molar-refractivity contribution < 1.29 is 5.11 Å². The summed E-state index contributed by atoms with van der Waals surface area (Å²) in [4.78, 5) is 2.41. The van der Waals surface area contributed by atoms with E-state index in [1.54, 1.807) is 12.1 Å². The number of benzene rings is 2. The lowest BCUT2D eigenvalue weighted by Crippen LogP contribution is -2.45.